The first kappa shape index (κ1) is 12.7. The van der Waals surface area contributed by atoms with Crippen molar-refractivity contribution in [3.63, 3.8) is 0 Å². The Hall–Kier alpha value is -1.72. The molecule has 0 aliphatic heterocycles. The molecule has 2 heterocycles. The molecule has 1 amide bonds. The van der Waals surface area contributed by atoms with Gasteiger partial charge in [-0.15, -0.1) is 0 Å². The van der Waals surface area contributed by atoms with Gasteiger partial charge in [0.25, 0.3) is 5.91 Å². The standard InChI is InChI=1S/C11H8Cl2N4O/c1-6-5-9(13)16-11(14-6)17-10(18)7-3-2-4-8(12)15-7/h2-5H,1H3,(H,14,16,17,18). The number of carbonyl (C=O) groups is 1. The summed E-state index contributed by atoms with van der Waals surface area (Å²) in [6.45, 7) is 1.75. The van der Waals surface area contributed by atoms with Crippen molar-refractivity contribution in [3.8, 4) is 0 Å². The largest absolute Gasteiger partial charge is 0.289 e. The minimum absolute atomic E-state index is 0.131. The molecule has 2 aromatic rings. The second-order valence-electron chi connectivity index (χ2n) is 3.46. The number of anilines is 1. The average Bonchev–Trinajstić information content (AvgIpc) is 2.27. The van der Waals surface area contributed by atoms with Gasteiger partial charge in [-0.05, 0) is 25.1 Å². The number of aromatic nitrogens is 3. The van der Waals surface area contributed by atoms with Crippen LogP contribution in [0.2, 0.25) is 10.3 Å². The van der Waals surface area contributed by atoms with Crippen LogP contribution in [0.15, 0.2) is 24.3 Å². The third-order valence-electron chi connectivity index (χ3n) is 2.00. The molecule has 18 heavy (non-hydrogen) atoms. The molecule has 0 aliphatic carbocycles. The van der Waals surface area contributed by atoms with E-state index < -0.39 is 5.91 Å². The molecule has 0 saturated heterocycles. The fourth-order valence-electron chi connectivity index (χ4n) is 1.29. The monoisotopic (exact) mass is 282 g/mol. The highest BCUT2D eigenvalue weighted by Gasteiger charge is 2.10. The molecule has 1 N–H and O–H groups in total. The second-order valence-corrected chi connectivity index (χ2v) is 4.23. The van der Waals surface area contributed by atoms with E-state index in [9.17, 15) is 4.79 Å². The lowest BCUT2D eigenvalue weighted by molar-refractivity contribution is 0.102. The number of carbonyl (C=O) groups excluding carboxylic acids is 1. The van der Waals surface area contributed by atoms with Crippen LogP contribution in [0.3, 0.4) is 0 Å². The predicted molar refractivity (Wildman–Crippen MR) is 69.0 cm³/mol. The molecule has 0 atom stereocenters. The van der Waals surface area contributed by atoms with Crippen molar-refractivity contribution in [3.05, 3.63) is 46.0 Å². The van der Waals surface area contributed by atoms with Crippen LogP contribution in [0, 0.1) is 6.92 Å². The van der Waals surface area contributed by atoms with E-state index >= 15 is 0 Å². The van der Waals surface area contributed by atoms with Crippen LogP contribution in [0.25, 0.3) is 0 Å². The van der Waals surface area contributed by atoms with Gasteiger partial charge in [0.1, 0.15) is 16.0 Å². The summed E-state index contributed by atoms with van der Waals surface area (Å²) in [5.41, 5.74) is 0.841. The summed E-state index contributed by atoms with van der Waals surface area (Å²) in [6, 6.07) is 6.35. The molecule has 0 bridgehead atoms. The Balaban J connectivity index is 2.21. The zero-order chi connectivity index (χ0) is 13.1. The van der Waals surface area contributed by atoms with Crippen LogP contribution < -0.4 is 5.32 Å². The molecule has 0 aliphatic rings. The van der Waals surface area contributed by atoms with E-state index in [4.69, 9.17) is 23.2 Å². The second kappa shape index (κ2) is 5.29. The molecule has 0 aromatic carbocycles. The number of amides is 1. The third kappa shape index (κ3) is 3.15. The maximum absolute atomic E-state index is 11.8. The lowest BCUT2D eigenvalue weighted by Gasteiger charge is -2.04. The highest BCUT2D eigenvalue weighted by molar-refractivity contribution is 6.30. The molecule has 92 valence electrons. The van der Waals surface area contributed by atoms with E-state index in [0.717, 1.165) is 0 Å². The summed E-state index contributed by atoms with van der Waals surface area (Å²) < 4.78 is 0. The fourth-order valence-corrected chi connectivity index (χ4v) is 1.69. The molecule has 0 saturated carbocycles. The van der Waals surface area contributed by atoms with Crippen LogP contribution >= 0.6 is 23.2 Å². The Labute approximate surface area is 113 Å². The van der Waals surface area contributed by atoms with Crippen molar-refractivity contribution in [1.82, 2.24) is 15.0 Å². The van der Waals surface area contributed by atoms with E-state index in [1.165, 1.54) is 0 Å². The first-order chi connectivity index (χ1) is 8.54. The van der Waals surface area contributed by atoms with Crippen LogP contribution in [0.4, 0.5) is 5.95 Å². The molecule has 2 aromatic heterocycles. The number of nitrogens with one attached hydrogen (secondary N) is 1. The molecule has 2 rings (SSSR count). The first-order valence-electron chi connectivity index (χ1n) is 5.00. The normalized spacial score (nSPS) is 10.2. The van der Waals surface area contributed by atoms with Crippen LogP contribution in [-0.2, 0) is 0 Å². The Morgan fingerprint density at radius 3 is 2.61 bits per heavy atom. The number of hydrogen-bond donors (Lipinski definition) is 1. The molecule has 0 unspecified atom stereocenters. The van der Waals surface area contributed by atoms with E-state index in [2.05, 4.69) is 20.3 Å². The smallest absolute Gasteiger partial charge is 0.276 e. The Morgan fingerprint density at radius 1 is 1.17 bits per heavy atom. The minimum Gasteiger partial charge on any atom is -0.289 e. The summed E-state index contributed by atoms with van der Waals surface area (Å²) in [5, 5.41) is 3.00. The molecule has 5 nitrogen and oxygen atoms in total. The predicted octanol–water partition coefficient (Wildman–Crippen LogP) is 2.74. The van der Waals surface area contributed by atoms with Gasteiger partial charge >= 0.3 is 0 Å². The first-order valence-corrected chi connectivity index (χ1v) is 5.75. The quantitative estimate of drug-likeness (QED) is 0.679. The average molecular weight is 283 g/mol. The topological polar surface area (TPSA) is 67.8 Å². The molecule has 0 fully saturated rings. The number of pyridine rings is 1. The number of rotatable bonds is 2. The highest BCUT2D eigenvalue weighted by Crippen LogP contribution is 2.11. The lowest BCUT2D eigenvalue weighted by Crippen LogP contribution is -2.16. The van der Waals surface area contributed by atoms with Crippen LogP contribution in [0.1, 0.15) is 16.2 Å². The van der Waals surface area contributed by atoms with Crippen molar-refractivity contribution in [2.45, 2.75) is 6.92 Å². The van der Waals surface area contributed by atoms with Gasteiger partial charge in [0.05, 0.1) is 0 Å². The van der Waals surface area contributed by atoms with E-state index in [0.29, 0.717) is 5.69 Å². The van der Waals surface area contributed by atoms with Crippen molar-refractivity contribution in [2.75, 3.05) is 5.32 Å². The van der Waals surface area contributed by atoms with Crippen molar-refractivity contribution in [2.24, 2.45) is 0 Å². The zero-order valence-corrected chi connectivity index (χ0v) is 10.8. The van der Waals surface area contributed by atoms with E-state index in [1.807, 2.05) is 0 Å². The molecule has 0 radical (unpaired) electrons. The Kier molecular flexibility index (Phi) is 3.74. The van der Waals surface area contributed by atoms with Gasteiger partial charge in [0.2, 0.25) is 5.95 Å². The summed E-state index contributed by atoms with van der Waals surface area (Å²) in [4.78, 5) is 23.6. The van der Waals surface area contributed by atoms with Gasteiger partial charge in [-0.2, -0.15) is 0 Å². The van der Waals surface area contributed by atoms with Crippen molar-refractivity contribution < 1.29 is 4.79 Å². The number of nitrogens with zero attached hydrogens (tertiary/aromatic N) is 3. The third-order valence-corrected chi connectivity index (χ3v) is 2.40. The number of hydrogen-bond acceptors (Lipinski definition) is 4. The maximum atomic E-state index is 11.8. The highest BCUT2D eigenvalue weighted by atomic mass is 35.5. The Bertz CT molecular complexity index is 583. The van der Waals surface area contributed by atoms with Gasteiger partial charge in [0.15, 0.2) is 0 Å². The summed E-state index contributed by atoms with van der Waals surface area (Å²) >= 11 is 11.5. The molecular weight excluding hydrogens is 275 g/mol. The lowest BCUT2D eigenvalue weighted by atomic mass is 10.3. The summed E-state index contributed by atoms with van der Waals surface area (Å²) in [6.07, 6.45) is 0. The zero-order valence-electron chi connectivity index (χ0n) is 9.32. The van der Waals surface area contributed by atoms with Crippen LogP contribution in [0.5, 0.6) is 0 Å². The number of aryl methyl sites for hydroxylation is 1. The molecular formula is C11H8Cl2N4O. The number of halogens is 2. The van der Waals surface area contributed by atoms with E-state index in [1.54, 1.807) is 31.2 Å². The van der Waals surface area contributed by atoms with Crippen LogP contribution in [-0.4, -0.2) is 20.9 Å². The molecule has 7 heteroatoms. The summed E-state index contributed by atoms with van der Waals surface area (Å²) in [7, 11) is 0. The van der Waals surface area contributed by atoms with Gasteiger partial charge in [-0.25, -0.2) is 15.0 Å². The van der Waals surface area contributed by atoms with Gasteiger partial charge < -0.3 is 0 Å². The van der Waals surface area contributed by atoms with Crippen molar-refractivity contribution in [1.29, 1.82) is 0 Å². The van der Waals surface area contributed by atoms with Crippen molar-refractivity contribution >= 4 is 35.1 Å². The summed E-state index contributed by atoms with van der Waals surface area (Å²) in [5.74, 6) is -0.314. The SMILES string of the molecule is Cc1cc(Cl)nc(NC(=O)c2cccc(Cl)n2)n1. The van der Waals surface area contributed by atoms with E-state index in [-0.39, 0.29) is 21.9 Å². The Morgan fingerprint density at radius 2 is 1.94 bits per heavy atom. The minimum atomic E-state index is -0.445. The van der Waals surface area contributed by atoms with Gasteiger partial charge in [0, 0.05) is 5.69 Å². The molecule has 0 spiro atoms. The maximum Gasteiger partial charge on any atom is 0.276 e. The fraction of sp³-hybridized carbons (Fsp3) is 0.0909. The van der Waals surface area contributed by atoms with Gasteiger partial charge in [-0.3, -0.25) is 10.1 Å². The van der Waals surface area contributed by atoms with Gasteiger partial charge in [-0.1, -0.05) is 29.3 Å².